The van der Waals surface area contributed by atoms with Crippen LogP contribution < -0.4 is 20.1 Å². The van der Waals surface area contributed by atoms with Crippen molar-refractivity contribution in [3.05, 3.63) is 59.2 Å². The molecule has 3 N–H and O–H groups in total. The molecule has 29 heavy (non-hydrogen) atoms. The van der Waals surface area contributed by atoms with Crippen LogP contribution in [0.1, 0.15) is 29.7 Å². The minimum absolute atomic E-state index is 0.0418. The molecule has 158 valence electrons. The number of aryl methyl sites for hydroxylation is 1. The van der Waals surface area contributed by atoms with Crippen LogP contribution in [0.15, 0.2) is 47.5 Å². The molecule has 0 fully saturated rings. The van der Waals surface area contributed by atoms with Crippen LogP contribution in [0.2, 0.25) is 0 Å². The van der Waals surface area contributed by atoms with Crippen molar-refractivity contribution in [2.24, 2.45) is 4.99 Å². The molecular formula is C21H27F2N3O3. The van der Waals surface area contributed by atoms with Crippen LogP contribution in [0.5, 0.6) is 11.5 Å². The maximum atomic E-state index is 12.7. The van der Waals surface area contributed by atoms with E-state index in [0.29, 0.717) is 23.8 Å². The number of halogens is 2. The second kappa shape index (κ2) is 11.2. The Labute approximate surface area is 169 Å². The van der Waals surface area contributed by atoms with Gasteiger partial charge in [0.1, 0.15) is 11.5 Å². The number of aliphatic hydroxyl groups excluding tert-OH is 1. The molecule has 1 unspecified atom stereocenters. The molecule has 0 spiro atoms. The quantitative estimate of drug-likeness (QED) is 0.439. The zero-order valence-electron chi connectivity index (χ0n) is 16.8. The van der Waals surface area contributed by atoms with Crippen LogP contribution in [0, 0.1) is 6.92 Å². The van der Waals surface area contributed by atoms with Gasteiger partial charge in [-0.2, -0.15) is 8.78 Å². The lowest BCUT2D eigenvalue weighted by Crippen LogP contribution is -2.39. The van der Waals surface area contributed by atoms with Gasteiger partial charge >= 0.3 is 6.61 Å². The summed E-state index contributed by atoms with van der Waals surface area (Å²) in [6.45, 7) is 1.88. The number of methoxy groups -OCH3 is 1. The number of nitrogens with zero attached hydrogens (tertiary/aromatic N) is 1. The summed E-state index contributed by atoms with van der Waals surface area (Å²) in [4.78, 5) is 4.41. The number of hydrogen-bond acceptors (Lipinski definition) is 4. The maximum absolute atomic E-state index is 12.7. The van der Waals surface area contributed by atoms with Crippen molar-refractivity contribution < 1.29 is 23.4 Å². The first-order valence-corrected chi connectivity index (χ1v) is 9.31. The fraction of sp³-hybridized carbons (Fsp3) is 0.381. The van der Waals surface area contributed by atoms with Gasteiger partial charge in [-0.25, -0.2) is 4.99 Å². The van der Waals surface area contributed by atoms with Crippen molar-refractivity contribution in [2.45, 2.75) is 33.1 Å². The third-order valence-corrected chi connectivity index (χ3v) is 4.13. The molecule has 2 rings (SSSR count). The van der Waals surface area contributed by atoms with Crippen LogP contribution in [0.4, 0.5) is 8.78 Å². The minimum Gasteiger partial charge on any atom is -0.497 e. The fourth-order valence-electron chi connectivity index (χ4n) is 2.71. The number of aliphatic hydroxyl groups is 1. The lowest BCUT2D eigenvalue weighted by atomic mass is 10.1. The molecule has 2 aromatic rings. The standard InChI is InChI=1S/C21H27F2N3O3/c1-4-24-21(26-13-18(27)15-7-5-6-14(2)10-15)25-12-16-11-17(28-3)8-9-19(16)29-20(22)23/h5-11,18,20,27H,4,12-13H2,1-3H3,(H2,24,25,26). The number of benzene rings is 2. The van der Waals surface area contributed by atoms with E-state index >= 15 is 0 Å². The van der Waals surface area contributed by atoms with Crippen molar-refractivity contribution in [3.63, 3.8) is 0 Å². The highest BCUT2D eigenvalue weighted by Gasteiger charge is 2.12. The third-order valence-electron chi connectivity index (χ3n) is 4.13. The molecule has 6 nitrogen and oxygen atoms in total. The Morgan fingerprint density at radius 2 is 1.97 bits per heavy atom. The second-order valence-electron chi connectivity index (χ2n) is 6.36. The minimum atomic E-state index is -2.93. The van der Waals surface area contributed by atoms with E-state index in [0.717, 1.165) is 11.1 Å². The highest BCUT2D eigenvalue weighted by molar-refractivity contribution is 5.79. The van der Waals surface area contributed by atoms with Gasteiger partial charge in [-0.1, -0.05) is 29.8 Å². The lowest BCUT2D eigenvalue weighted by Gasteiger charge is -2.16. The summed E-state index contributed by atoms with van der Waals surface area (Å²) in [5.74, 6) is 1.01. The number of rotatable bonds is 9. The molecular weight excluding hydrogens is 380 g/mol. The molecule has 0 aliphatic heterocycles. The second-order valence-corrected chi connectivity index (χ2v) is 6.36. The molecule has 0 heterocycles. The largest absolute Gasteiger partial charge is 0.497 e. The van der Waals surface area contributed by atoms with E-state index in [1.165, 1.54) is 13.2 Å². The Morgan fingerprint density at radius 3 is 2.62 bits per heavy atom. The average Bonchev–Trinajstić information content (AvgIpc) is 2.70. The molecule has 0 aromatic heterocycles. The summed E-state index contributed by atoms with van der Waals surface area (Å²) < 4.78 is 35.0. The fourth-order valence-corrected chi connectivity index (χ4v) is 2.71. The summed E-state index contributed by atoms with van der Waals surface area (Å²) in [7, 11) is 1.49. The Balaban J connectivity index is 2.10. The first kappa shape index (κ1) is 22.4. The SMILES string of the molecule is CCNC(=NCc1cc(OC)ccc1OC(F)F)NCC(O)c1cccc(C)c1. The summed E-state index contributed by atoms with van der Waals surface area (Å²) in [6, 6.07) is 12.2. The predicted molar refractivity (Wildman–Crippen MR) is 109 cm³/mol. The van der Waals surface area contributed by atoms with Crippen molar-refractivity contribution in [2.75, 3.05) is 20.2 Å². The Bertz CT molecular complexity index is 816. The lowest BCUT2D eigenvalue weighted by molar-refractivity contribution is -0.0504. The monoisotopic (exact) mass is 407 g/mol. The normalized spacial score (nSPS) is 12.6. The van der Waals surface area contributed by atoms with Crippen LogP contribution in [-0.2, 0) is 6.54 Å². The Hall–Kier alpha value is -2.87. The van der Waals surface area contributed by atoms with Gasteiger partial charge in [0.2, 0.25) is 0 Å². The zero-order chi connectivity index (χ0) is 21.2. The van der Waals surface area contributed by atoms with Crippen molar-refractivity contribution in [3.8, 4) is 11.5 Å². The van der Waals surface area contributed by atoms with Gasteiger partial charge in [-0.05, 0) is 37.6 Å². The molecule has 0 aliphatic rings. The van der Waals surface area contributed by atoms with Gasteiger partial charge in [-0.3, -0.25) is 0 Å². The summed E-state index contributed by atoms with van der Waals surface area (Å²) >= 11 is 0. The van der Waals surface area contributed by atoms with Gasteiger partial charge in [0.25, 0.3) is 0 Å². The number of aliphatic imine (C=N–C) groups is 1. The van der Waals surface area contributed by atoms with Crippen molar-refractivity contribution in [1.82, 2.24) is 10.6 Å². The number of nitrogens with one attached hydrogen (secondary N) is 2. The van der Waals surface area contributed by atoms with Gasteiger partial charge < -0.3 is 25.2 Å². The van der Waals surface area contributed by atoms with Crippen LogP contribution in [0.25, 0.3) is 0 Å². The van der Waals surface area contributed by atoms with E-state index in [2.05, 4.69) is 20.4 Å². The Morgan fingerprint density at radius 1 is 1.17 bits per heavy atom. The van der Waals surface area contributed by atoms with Crippen LogP contribution in [0.3, 0.4) is 0 Å². The highest BCUT2D eigenvalue weighted by atomic mass is 19.3. The summed E-state index contributed by atoms with van der Waals surface area (Å²) in [6.07, 6.45) is -0.715. The summed E-state index contributed by atoms with van der Waals surface area (Å²) in [5.41, 5.74) is 2.32. The number of hydrogen-bond donors (Lipinski definition) is 3. The number of alkyl halides is 2. The predicted octanol–water partition coefficient (Wildman–Crippen LogP) is 3.39. The molecule has 0 saturated heterocycles. The third kappa shape index (κ3) is 7.23. The van der Waals surface area contributed by atoms with E-state index in [4.69, 9.17) is 4.74 Å². The van der Waals surface area contributed by atoms with E-state index in [-0.39, 0.29) is 18.8 Å². The highest BCUT2D eigenvalue weighted by Crippen LogP contribution is 2.26. The molecule has 1 atom stereocenters. The van der Waals surface area contributed by atoms with Gasteiger partial charge in [0.15, 0.2) is 5.96 Å². The van der Waals surface area contributed by atoms with Crippen molar-refractivity contribution >= 4 is 5.96 Å². The van der Waals surface area contributed by atoms with Crippen LogP contribution >= 0.6 is 0 Å². The van der Waals surface area contributed by atoms with E-state index in [1.54, 1.807) is 12.1 Å². The Kier molecular flexibility index (Phi) is 8.67. The molecule has 2 aromatic carbocycles. The molecule has 0 saturated carbocycles. The average molecular weight is 407 g/mol. The van der Waals surface area contributed by atoms with Gasteiger partial charge in [-0.15, -0.1) is 0 Å². The first-order valence-electron chi connectivity index (χ1n) is 9.31. The molecule has 0 bridgehead atoms. The maximum Gasteiger partial charge on any atom is 0.387 e. The van der Waals surface area contributed by atoms with E-state index < -0.39 is 12.7 Å². The zero-order valence-corrected chi connectivity index (χ0v) is 16.8. The number of ether oxygens (including phenoxy) is 2. The molecule has 0 radical (unpaired) electrons. The van der Waals surface area contributed by atoms with Crippen molar-refractivity contribution in [1.29, 1.82) is 0 Å². The number of guanidine groups is 1. The van der Waals surface area contributed by atoms with E-state index in [9.17, 15) is 13.9 Å². The van der Waals surface area contributed by atoms with Crippen LogP contribution in [-0.4, -0.2) is 37.9 Å². The molecule has 8 heteroatoms. The van der Waals surface area contributed by atoms with Gasteiger partial charge in [0.05, 0.1) is 19.8 Å². The summed E-state index contributed by atoms with van der Waals surface area (Å²) in [5, 5.41) is 16.5. The first-order chi connectivity index (χ1) is 13.9. The smallest absolute Gasteiger partial charge is 0.387 e. The van der Waals surface area contributed by atoms with E-state index in [1.807, 2.05) is 38.1 Å². The molecule has 0 aliphatic carbocycles. The van der Waals surface area contributed by atoms with Gasteiger partial charge in [0, 0.05) is 18.7 Å². The topological polar surface area (TPSA) is 75.1 Å². The molecule has 0 amide bonds.